The minimum Gasteiger partial charge on any atom is -0.393 e. The van der Waals surface area contributed by atoms with Gasteiger partial charge < -0.3 is 10.4 Å². The van der Waals surface area contributed by atoms with Crippen molar-refractivity contribution in [3.05, 3.63) is 35.9 Å². The third kappa shape index (κ3) is 3.70. The Labute approximate surface area is 134 Å². The van der Waals surface area contributed by atoms with Crippen LogP contribution in [-0.2, 0) is 10.2 Å². The van der Waals surface area contributed by atoms with Crippen molar-refractivity contribution in [2.45, 2.75) is 63.9 Å². The molecule has 2 unspecified atom stereocenters. The van der Waals surface area contributed by atoms with Gasteiger partial charge in [-0.1, -0.05) is 50.6 Å². The summed E-state index contributed by atoms with van der Waals surface area (Å²) in [5, 5.41) is 12.9. The fourth-order valence-corrected chi connectivity index (χ4v) is 3.72. The summed E-state index contributed by atoms with van der Waals surface area (Å²) in [6.45, 7) is 4.85. The van der Waals surface area contributed by atoms with Gasteiger partial charge in [-0.2, -0.15) is 0 Å². The number of hydrogen-bond donors (Lipinski definition) is 2. The molecule has 0 heterocycles. The van der Waals surface area contributed by atoms with Crippen LogP contribution >= 0.6 is 0 Å². The van der Waals surface area contributed by atoms with Crippen molar-refractivity contribution in [1.82, 2.24) is 5.32 Å². The van der Waals surface area contributed by atoms with E-state index in [2.05, 4.69) is 31.3 Å². The van der Waals surface area contributed by atoms with Crippen LogP contribution in [0.1, 0.15) is 57.9 Å². The van der Waals surface area contributed by atoms with Crippen LogP contribution in [0.5, 0.6) is 0 Å². The quantitative estimate of drug-likeness (QED) is 0.846. The summed E-state index contributed by atoms with van der Waals surface area (Å²) in [7, 11) is 0. The molecule has 0 saturated heterocycles. The van der Waals surface area contributed by atoms with Gasteiger partial charge in [-0.15, -0.1) is 0 Å². The molecular weight excluding hydrogens is 274 g/mol. The predicted molar refractivity (Wildman–Crippen MR) is 89.7 cm³/mol. The highest BCUT2D eigenvalue weighted by molar-refractivity contribution is 5.88. The average molecular weight is 303 g/mol. The third-order valence-electron chi connectivity index (χ3n) is 5.27. The van der Waals surface area contributed by atoms with Gasteiger partial charge in [0.05, 0.1) is 11.5 Å². The second kappa shape index (κ2) is 7.77. The highest BCUT2D eigenvalue weighted by Crippen LogP contribution is 2.32. The normalized spacial score (nSPS) is 22.3. The van der Waals surface area contributed by atoms with Gasteiger partial charge in [0.15, 0.2) is 0 Å². The molecule has 3 nitrogen and oxygen atoms in total. The summed E-state index contributed by atoms with van der Waals surface area (Å²) in [4.78, 5) is 12.9. The summed E-state index contributed by atoms with van der Waals surface area (Å²) in [5.41, 5.74) is 0.662. The zero-order chi connectivity index (χ0) is 16.0. The number of nitrogens with one attached hydrogen (secondary N) is 1. The molecule has 1 saturated carbocycles. The lowest BCUT2D eigenvalue weighted by Gasteiger charge is -2.32. The first-order chi connectivity index (χ1) is 10.6. The van der Waals surface area contributed by atoms with Crippen LogP contribution < -0.4 is 5.32 Å². The average Bonchev–Trinajstić information content (AvgIpc) is 2.56. The standard InChI is InChI=1S/C19H29NO2/c1-3-19(4-2,16-10-6-5-7-11-16)18(22)20-14-15-9-8-12-17(21)13-15/h5-7,10-11,15,17,21H,3-4,8-9,12-14H2,1-2H3,(H,20,22). The monoisotopic (exact) mass is 303 g/mol. The molecule has 0 bridgehead atoms. The Kier molecular flexibility index (Phi) is 6.01. The summed E-state index contributed by atoms with van der Waals surface area (Å²) >= 11 is 0. The van der Waals surface area contributed by atoms with Crippen LogP contribution in [0.15, 0.2) is 30.3 Å². The zero-order valence-corrected chi connectivity index (χ0v) is 13.8. The summed E-state index contributed by atoms with van der Waals surface area (Å²) in [5.74, 6) is 0.540. The van der Waals surface area contributed by atoms with Crippen LogP contribution in [0.4, 0.5) is 0 Å². The summed E-state index contributed by atoms with van der Waals surface area (Å²) in [6, 6.07) is 10.1. The van der Waals surface area contributed by atoms with Gasteiger partial charge in [0.25, 0.3) is 0 Å². The lowest BCUT2D eigenvalue weighted by Crippen LogP contribution is -2.45. The molecule has 122 valence electrons. The topological polar surface area (TPSA) is 49.3 Å². The number of aliphatic hydroxyl groups excluding tert-OH is 1. The molecule has 2 N–H and O–H groups in total. The zero-order valence-electron chi connectivity index (χ0n) is 13.8. The number of amides is 1. The Hall–Kier alpha value is -1.35. The second-order valence-electron chi connectivity index (χ2n) is 6.55. The largest absolute Gasteiger partial charge is 0.393 e. The van der Waals surface area contributed by atoms with Crippen molar-refractivity contribution >= 4 is 5.91 Å². The Morgan fingerprint density at radius 2 is 1.91 bits per heavy atom. The molecule has 22 heavy (non-hydrogen) atoms. The maximum Gasteiger partial charge on any atom is 0.230 e. The van der Waals surface area contributed by atoms with Gasteiger partial charge in [0.2, 0.25) is 5.91 Å². The number of aliphatic hydroxyl groups is 1. The van der Waals surface area contributed by atoms with Gasteiger partial charge in [0, 0.05) is 6.54 Å². The van der Waals surface area contributed by atoms with E-state index >= 15 is 0 Å². The van der Waals surface area contributed by atoms with Crippen molar-refractivity contribution in [2.75, 3.05) is 6.54 Å². The lowest BCUT2D eigenvalue weighted by molar-refractivity contribution is -0.127. The Balaban J connectivity index is 2.04. The van der Waals surface area contributed by atoms with Crippen LogP contribution in [0.25, 0.3) is 0 Å². The van der Waals surface area contributed by atoms with Gasteiger partial charge in [-0.05, 0) is 43.6 Å². The molecule has 1 fully saturated rings. The number of hydrogen-bond acceptors (Lipinski definition) is 2. The van der Waals surface area contributed by atoms with Crippen molar-refractivity contribution in [2.24, 2.45) is 5.92 Å². The first kappa shape index (κ1) is 17.0. The Morgan fingerprint density at radius 1 is 1.23 bits per heavy atom. The highest BCUT2D eigenvalue weighted by Gasteiger charge is 2.36. The van der Waals surface area contributed by atoms with Crippen LogP contribution in [0.3, 0.4) is 0 Å². The minimum atomic E-state index is -0.436. The van der Waals surface area contributed by atoms with E-state index in [9.17, 15) is 9.90 Å². The predicted octanol–water partition coefficient (Wildman–Crippen LogP) is 3.41. The van der Waals surface area contributed by atoms with E-state index in [1.807, 2.05) is 18.2 Å². The number of carbonyl (C=O) groups excluding carboxylic acids is 1. The summed E-state index contributed by atoms with van der Waals surface area (Å²) < 4.78 is 0. The van der Waals surface area contributed by atoms with Crippen molar-refractivity contribution in [3.63, 3.8) is 0 Å². The molecule has 1 amide bonds. The van der Waals surface area contributed by atoms with E-state index in [1.54, 1.807) is 0 Å². The molecule has 3 heteroatoms. The number of rotatable bonds is 6. The molecule has 0 aromatic heterocycles. The molecule has 2 rings (SSSR count). The van der Waals surface area contributed by atoms with Crippen molar-refractivity contribution in [1.29, 1.82) is 0 Å². The first-order valence-electron chi connectivity index (χ1n) is 8.64. The van der Waals surface area contributed by atoms with Gasteiger partial charge in [0.1, 0.15) is 0 Å². The van der Waals surface area contributed by atoms with E-state index in [-0.39, 0.29) is 12.0 Å². The number of benzene rings is 1. The highest BCUT2D eigenvalue weighted by atomic mass is 16.3. The Morgan fingerprint density at radius 3 is 2.50 bits per heavy atom. The molecule has 0 spiro atoms. The maximum absolute atomic E-state index is 12.9. The van der Waals surface area contributed by atoms with Gasteiger partial charge in [-0.3, -0.25) is 4.79 Å². The fourth-order valence-electron chi connectivity index (χ4n) is 3.72. The maximum atomic E-state index is 12.9. The van der Waals surface area contributed by atoms with E-state index in [4.69, 9.17) is 0 Å². The van der Waals surface area contributed by atoms with Gasteiger partial charge >= 0.3 is 0 Å². The molecule has 1 aromatic carbocycles. The first-order valence-corrected chi connectivity index (χ1v) is 8.64. The molecule has 0 radical (unpaired) electrons. The van der Waals surface area contributed by atoms with Crippen LogP contribution in [-0.4, -0.2) is 23.7 Å². The lowest BCUT2D eigenvalue weighted by atomic mass is 9.75. The smallest absolute Gasteiger partial charge is 0.230 e. The van der Waals surface area contributed by atoms with E-state index in [0.717, 1.165) is 44.1 Å². The number of carbonyl (C=O) groups is 1. The fraction of sp³-hybridized carbons (Fsp3) is 0.632. The minimum absolute atomic E-state index is 0.128. The molecule has 1 aliphatic rings. The molecular formula is C19H29NO2. The van der Waals surface area contributed by atoms with E-state index < -0.39 is 5.41 Å². The van der Waals surface area contributed by atoms with E-state index in [0.29, 0.717) is 12.5 Å². The van der Waals surface area contributed by atoms with Crippen molar-refractivity contribution in [3.8, 4) is 0 Å². The molecule has 0 aliphatic heterocycles. The Bertz CT molecular complexity index is 468. The SMILES string of the molecule is CCC(CC)(C(=O)NCC1CCCC(O)C1)c1ccccc1. The second-order valence-corrected chi connectivity index (χ2v) is 6.55. The molecule has 1 aliphatic carbocycles. The summed E-state index contributed by atoms with van der Waals surface area (Å²) in [6.07, 6.45) is 5.30. The van der Waals surface area contributed by atoms with Crippen molar-refractivity contribution < 1.29 is 9.90 Å². The molecule has 1 aromatic rings. The van der Waals surface area contributed by atoms with Gasteiger partial charge in [-0.25, -0.2) is 0 Å². The van der Waals surface area contributed by atoms with E-state index in [1.165, 1.54) is 0 Å². The van der Waals surface area contributed by atoms with Crippen LogP contribution in [0.2, 0.25) is 0 Å². The van der Waals surface area contributed by atoms with Crippen LogP contribution in [0, 0.1) is 5.92 Å². The third-order valence-corrected chi connectivity index (χ3v) is 5.27. The molecule has 2 atom stereocenters.